The van der Waals surface area contributed by atoms with E-state index in [2.05, 4.69) is 44.8 Å². The lowest BCUT2D eigenvalue weighted by molar-refractivity contribution is 0.163. The molecule has 1 rings (SSSR count). The molecule has 0 saturated carbocycles. The summed E-state index contributed by atoms with van der Waals surface area (Å²) in [6.07, 6.45) is 8.17. The van der Waals surface area contributed by atoms with Crippen LogP contribution in [0.5, 0.6) is 0 Å². The summed E-state index contributed by atoms with van der Waals surface area (Å²) in [4.78, 5) is 2.75. The van der Waals surface area contributed by atoms with Crippen LogP contribution < -0.4 is 5.32 Å². The quantitative estimate of drug-likeness (QED) is 0.678. The zero-order chi connectivity index (χ0) is 15.0. The summed E-state index contributed by atoms with van der Waals surface area (Å²) in [6, 6.07) is 1.49. The van der Waals surface area contributed by atoms with E-state index in [4.69, 9.17) is 0 Å². The van der Waals surface area contributed by atoms with E-state index in [9.17, 15) is 0 Å². The molecular formula is C18H38N2. The van der Waals surface area contributed by atoms with Crippen LogP contribution in [0.3, 0.4) is 0 Å². The molecule has 120 valence electrons. The van der Waals surface area contributed by atoms with Crippen LogP contribution in [0, 0.1) is 11.8 Å². The van der Waals surface area contributed by atoms with Gasteiger partial charge in [0.1, 0.15) is 0 Å². The van der Waals surface area contributed by atoms with E-state index in [1.54, 1.807) is 0 Å². The minimum absolute atomic E-state index is 0.725. The average molecular weight is 283 g/mol. The van der Waals surface area contributed by atoms with E-state index < -0.39 is 0 Å². The molecule has 2 unspecified atom stereocenters. The summed E-state index contributed by atoms with van der Waals surface area (Å²) >= 11 is 0. The lowest BCUT2D eigenvalue weighted by Crippen LogP contribution is -2.43. The molecule has 20 heavy (non-hydrogen) atoms. The molecule has 0 aromatic rings. The zero-order valence-electron chi connectivity index (χ0n) is 14.6. The topological polar surface area (TPSA) is 15.3 Å². The van der Waals surface area contributed by atoms with E-state index in [1.165, 1.54) is 58.2 Å². The minimum Gasteiger partial charge on any atom is -0.314 e. The van der Waals surface area contributed by atoms with Crippen LogP contribution in [0.15, 0.2) is 0 Å². The maximum Gasteiger partial charge on any atom is 0.00818 e. The molecule has 0 aromatic carbocycles. The van der Waals surface area contributed by atoms with Crippen molar-refractivity contribution < 1.29 is 0 Å². The molecule has 0 bridgehead atoms. The van der Waals surface area contributed by atoms with Gasteiger partial charge in [0, 0.05) is 12.1 Å². The first-order chi connectivity index (χ1) is 9.49. The van der Waals surface area contributed by atoms with E-state index in [0.29, 0.717) is 0 Å². The van der Waals surface area contributed by atoms with Crippen LogP contribution in [-0.4, -0.2) is 36.6 Å². The van der Waals surface area contributed by atoms with Crippen molar-refractivity contribution in [1.82, 2.24) is 10.2 Å². The summed E-state index contributed by atoms with van der Waals surface area (Å²) in [5.74, 6) is 1.63. The third-order valence-electron chi connectivity index (χ3n) is 4.65. The number of hydrogen-bond acceptors (Lipinski definition) is 2. The van der Waals surface area contributed by atoms with Crippen molar-refractivity contribution in [2.24, 2.45) is 11.8 Å². The Morgan fingerprint density at radius 1 is 0.950 bits per heavy atom. The average Bonchev–Trinajstić information content (AvgIpc) is 2.39. The number of nitrogens with zero attached hydrogens (tertiary/aromatic N) is 1. The molecule has 1 saturated heterocycles. The highest BCUT2D eigenvalue weighted by Gasteiger charge is 2.20. The Hall–Kier alpha value is -0.0800. The fraction of sp³-hybridized carbons (Fsp3) is 1.00. The van der Waals surface area contributed by atoms with Gasteiger partial charge in [-0.05, 0) is 70.5 Å². The van der Waals surface area contributed by atoms with Crippen LogP contribution in [0.1, 0.15) is 73.1 Å². The SMILES string of the molecule is CC(C)CCN(CCC(C)C)C(C)CC1CCCCN1. The van der Waals surface area contributed by atoms with Crippen molar-refractivity contribution >= 4 is 0 Å². The van der Waals surface area contributed by atoms with Crippen LogP contribution in [0.25, 0.3) is 0 Å². The summed E-state index contributed by atoms with van der Waals surface area (Å²) < 4.78 is 0. The van der Waals surface area contributed by atoms with Crippen molar-refractivity contribution in [2.45, 2.75) is 85.2 Å². The third-order valence-corrected chi connectivity index (χ3v) is 4.65. The van der Waals surface area contributed by atoms with Gasteiger partial charge >= 0.3 is 0 Å². The Kier molecular flexibility index (Phi) is 8.79. The van der Waals surface area contributed by atoms with E-state index in [1.807, 2.05) is 0 Å². The predicted molar refractivity (Wildman–Crippen MR) is 90.2 cm³/mol. The van der Waals surface area contributed by atoms with Gasteiger partial charge < -0.3 is 10.2 Å². The van der Waals surface area contributed by atoms with Crippen LogP contribution >= 0.6 is 0 Å². The van der Waals surface area contributed by atoms with Crippen molar-refractivity contribution in [3.63, 3.8) is 0 Å². The lowest BCUT2D eigenvalue weighted by Gasteiger charge is -2.34. The van der Waals surface area contributed by atoms with Crippen molar-refractivity contribution in [2.75, 3.05) is 19.6 Å². The normalized spacial score (nSPS) is 21.9. The Labute approximate surface area is 127 Å². The van der Waals surface area contributed by atoms with Gasteiger partial charge in [-0.3, -0.25) is 0 Å². The largest absolute Gasteiger partial charge is 0.314 e. The molecule has 1 aliphatic heterocycles. The molecule has 0 aliphatic carbocycles. The second kappa shape index (κ2) is 9.78. The Morgan fingerprint density at radius 3 is 2.00 bits per heavy atom. The van der Waals surface area contributed by atoms with Crippen molar-refractivity contribution in [1.29, 1.82) is 0 Å². The van der Waals surface area contributed by atoms with Gasteiger partial charge in [-0.2, -0.15) is 0 Å². The van der Waals surface area contributed by atoms with Gasteiger partial charge in [0.05, 0.1) is 0 Å². The van der Waals surface area contributed by atoms with Gasteiger partial charge in [0.25, 0.3) is 0 Å². The second-order valence-electron chi connectivity index (χ2n) is 7.63. The highest BCUT2D eigenvalue weighted by molar-refractivity contribution is 4.79. The first kappa shape index (κ1) is 18.0. The smallest absolute Gasteiger partial charge is 0.00818 e. The lowest BCUT2D eigenvalue weighted by atomic mass is 9.97. The van der Waals surface area contributed by atoms with Crippen LogP contribution in [0.2, 0.25) is 0 Å². The standard InChI is InChI=1S/C18H38N2/c1-15(2)9-12-20(13-10-16(3)4)17(5)14-18-8-6-7-11-19-18/h15-19H,6-14H2,1-5H3. The van der Waals surface area contributed by atoms with Gasteiger partial charge in [-0.15, -0.1) is 0 Å². The molecule has 0 spiro atoms. The number of piperidine rings is 1. The van der Waals surface area contributed by atoms with Crippen molar-refractivity contribution in [3.8, 4) is 0 Å². The Morgan fingerprint density at radius 2 is 1.55 bits per heavy atom. The first-order valence-electron chi connectivity index (χ1n) is 8.96. The van der Waals surface area contributed by atoms with Crippen LogP contribution in [-0.2, 0) is 0 Å². The highest BCUT2D eigenvalue weighted by atomic mass is 15.1. The first-order valence-corrected chi connectivity index (χ1v) is 8.96. The zero-order valence-corrected chi connectivity index (χ0v) is 14.6. The molecule has 1 aliphatic rings. The molecule has 0 radical (unpaired) electrons. The summed E-state index contributed by atoms with van der Waals surface area (Å²) in [7, 11) is 0. The van der Waals surface area contributed by atoms with Gasteiger partial charge in [-0.1, -0.05) is 34.1 Å². The number of nitrogens with one attached hydrogen (secondary N) is 1. The van der Waals surface area contributed by atoms with Gasteiger partial charge in [0.2, 0.25) is 0 Å². The van der Waals surface area contributed by atoms with E-state index in [-0.39, 0.29) is 0 Å². The molecule has 2 heteroatoms. The fourth-order valence-corrected chi connectivity index (χ4v) is 3.09. The summed E-state index contributed by atoms with van der Waals surface area (Å²) in [5.41, 5.74) is 0. The molecule has 0 amide bonds. The van der Waals surface area contributed by atoms with Gasteiger partial charge in [-0.25, -0.2) is 0 Å². The van der Waals surface area contributed by atoms with E-state index >= 15 is 0 Å². The molecule has 1 heterocycles. The second-order valence-corrected chi connectivity index (χ2v) is 7.63. The Balaban J connectivity index is 2.41. The molecule has 2 nitrogen and oxygen atoms in total. The summed E-state index contributed by atoms with van der Waals surface area (Å²) in [6.45, 7) is 15.6. The number of hydrogen-bond donors (Lipinski definition) is 1. The van der Waals surface area contributed by atoms with Gasteiger partial charge in [0.15, 0.2) is 0 Å². The fourth-order valence-electron chi connectivity index (χ4n) is 3.09. The molecule has 0 aromatic heterocycles. The maximum absolute atomic E-state index is 3.71. The highest BCUT2D eigenvalue weighted by Crippen LogP contribution is 2.17. The van der Waals surface area contributed by atoms with E-state index in [0.717, 1.165) is 23.9 Å². The molecule has 1 N–H and O–H groups in total. The summed E-state index contributed by atoms with van der Waals surface area (Å²) in [5, 5.41) is 3.71. The maximum atomic E-state index is 3.71. The number of rotatable bonds is 9. The van der Waals surface area contributed by atoms with Crippen LogP contribution in [0.4, 0.5) is 0 Å². The molecular weight excluding hydrogens is 244 g/mol. The monoisotopic (exact) mass is 282 g/mol. The Bertz CT molecular complexity index is 220. The molecule has 2 atom stereocenters. The van der Waals surface area contributed by atoms with Crippen molar-refractivity contribution in [3.05, 3.63) is 0 Å². The minimum atomic E-state index is 0.725. The predicted octanol–water partition coefficient (Wildman–Crippen LogP) is 4.30. The molecule has 1 fully saturated rings. The third kappa shape index (κ3) is 7.64.